The second kappa shape index (κ2) is 8.66. The Kier molecular flexibility index (Phi) is 7.05. The van der Waals surface area contributed by atoms with Crippen molar-refractivity contribution in [3.63, 3.8) is 0 Å². The fourth-order valence-corrected chi connectivity index (χ4v) is 1.98. The van der Waals surface area contributed by atoms with Crippen LogP contribution >= 0.6 is 11.3 Å². The average Bonchev–Trinajstić information content (AvgIpc) is 2.88. The lowest BCUT2D eigenvalue weighted by Gasteiger charge is -2.06. The first kappa shape index (κ1) is 14.7. The summed E-state index contributed by atoms with van der Waals surface area (Å²) in [6, 6.07) is 3.59. The molecule has 2 amide bonds. The zero-order chi connectivity index (χ0) is 13.2. The van der Waals surface area contributed by atoms with E-state index in [9.17, 15) is 9.59 Å². The smallest absolute Gasteiger partial charge is 0.261 e. The van der Waals surface area contributed by atoms with E-state index >= 15 is 0 Å². The molecule has 0 saturated heterocycles. The molecule has 0 atom stereocenters. The van der Waals surface area contributed by atoms with E-state index in [0.29, 0.717) is 24.4 Å². The summed E-state index contributed by atoms with van der Waals surface area (Å²) in [7, 11) is 0. The van der Waals surface area contributed by atoms with Gasteiger partial charge in [0.15, 0.2) is 0 Å². The second-order valence-corrected chi connectivity index (χ2v) is 4.63. The van der Waals surface area contributed by atoms with Gasteiger partial charge in [-0.05, 0) is 18.0 Å². The molecule has 0 aliphatic heterocycles. The molecule has 0 aliphatic rings. The molecule has 0 radical (unpaired) electrons. The Balaban J connectivity index is 2.07. The lowest BCUT2D eigenvalue weighted by Crippen LogP contribution is -2.34. The van der Waals surface area contributed by atoms with E-state index < -0.39 is 0 Å². The van der Waals surface area contributed by atoms with Crippen molar-refractivity contribution in [2.24, 2.45) is 0 Å². The third-order valence-corrected chi connectivity index (χ3v) is 3.13. The molecule has 0 bridgehead atoms. The number of hydrogen-bond acceptors (Lipinski definition) is 4. The van der Waals surface area contributed by atoms with Crippen molar-refractivity contribution in [3.8, 4) is 0 Å². The molecule has 0 fully saturated rings. The van der Waals surface area contributed by atoms with Crippen LogP contribution in [-0.2, 0) is 4.79 Å². The van der Waals surface area contributed by atoms with E-state index in [0.717, 1.165) is 13.1 Å². The van der Waals surface area contributed by atoms with E-state index in [2.05, 4.69) is 16.0 Å². The van der Waals surface area contributed by atoms with Crippen LogP contribution in [0.4, 0.5) is 0 Å². The summed E-state index contributed by atoms with van der Waals surface area (Å²) >= 11 is 1.39. The first-order valence-electron chi connectivity index (χ1n) is 6.03. The lowest BCUT2D eigenvalue weighted by molar-refractivity contribution is -0.120. The SMILES string of the molecule is CCNCCNC(=O)CCNC(=O)c1cccs1. The Bertz CT molecular complexity index is 365. The number of amides is 2. The number of thiophene rings is 1. The van der Waals surface area contributed by atoms with E-state index in [1.165, 1.54) is 11.3 Å². The van der Waals surface area contributed by atoms with Gasteiger partial charge in [0.2, 0.25) is 5.91 Å². The molecule has 0 spiro atoms. The van der Waals surface area contributed by atoms with Gasteiger partial charge >= 0.3 is 0 Å². The molecule has 1 rings (SSSR count). The molecule has 0 unspecified atom stereocenters. The molecule has 1 aromatic heterocycles. The predicted molar refractivity (Wildman–Crippen MR) is 72.8 cm³/mol. The standard InChI is InChI=1S/C12H19N3O2S/c1-2-13-7-8-14-11(16)5-6-15-12(17)10-4-3-9-18-10/h3-4,9,13H,2,5-8H2,1H3,(H,14,16)(H,15,17). The highest BCUT2D eigenvalue weighted by Crippen LogP contribution is 2.07. The van der Waals surface area contributed by atoms with E-state index in [1.54, 1.807) is 6.07 Å². The van der Waals surface area contributed by atoms with Gasteiger partial charge in [-0.25, -0.2) is 0 Å². The molecule has 1 aromatic rings. The van der Waals surface area contributed by atoms with Crippen molar-refractivity contribution in [3.05, 3.63) is 22.4 Å². The van der Waals surface area contributed by atoms with Crippen molar-refractivity contribution in [1.29, 1.82) is 0 Å². The highest BCUT2D eigenvalue weighted by Gasteiger charge is 2.06. The van der Waals surface area contributed by atoms with Gasteiger partial charge in [-0.2, -0.15) is 0 Å². The average molecular weight is 269 g/mol. The highest BCUT2D eigenvalue weighted by atomic mass is 32.1. The summed E-state index contributed by atoms with van der Waals surface area (Å²) in [5, 5.41) is 10.5. The largest absolute Gasteiger partial charge is 0.355 e. The third kappa shape index (κ3) is 5.79. The monoisotopic (exact) mass is 269 g/mol. The predicted octanol–water partition coefficient (Wildman–Crippen LogP) is 0.594. The van der Waals surface area contributed by atoms with Crippen LogP contribution in [0.25, 0.3) is 0 Å². The van der Waals surface area contributed by atoms with Crippen LogP contribution in [0.3, 0.4) is 0 Å². The maximum Gasteiger partial charge on any atom is 0.261 e. The van der Waals surface area contributed by atoms with Crippen molar-refractivity contribution < 1.29 is 9.59 Å². The Morgan fingerprint density at radius 1 is 1.22 bits per heavy atom. The van der Waals surface area contributed by atoms with Crippen LogP contribution in [0.15, 0.2) is 17.5 Å². The molecule has 6 heteroatoms. The van der Waals surface area contributed by atoms with Crippen molar-refractivity contribution in [2.45, 2.75) is 13.3 Å². The second-order valence-electron chi connectivity index (χ2n) is 3.69. The Hall–Kier alpha value is -1.40. The number of rotatable bonds is 8. The van der Waals surface area contributed by atoms with E-state index in [-0.39, 0.29) is 11.8 Å². The van der Waals surface area contributed by atoms with Crippen LogP contribution in [0, 0.1) is 0 Å². The fourth-order valence-electron chi connectivity index (χ4n) is 1.34. The number of nitrogens with one attached hydrogen (secondary N) is 3. The van der Waals surface area contributed by atoms with Gasteiger partial charge in [-0.3, -0.25) is 9.59 Å². The van der Waals surface area contributed by atoms with Gasteiger partial charge in [-0.1, -0.05) is 13.0 Å². The Labute approximate surface area is 111 Å². The summed E-state index contributed by atoms with van der Waals surface area (Å²) in [6.45, 7) is 4.66. The summed E-state index contributed by atoms with van der Waals surface area (Å²) < 4.78 is 0. The molecular formula is C12H19N3O2S. The Morgan fingerprint density at radius 2 is 2.06 bits per heavy atom. The van der Waals surface area contributed by atoms with Crippen LogP contribution in [0.2, 0.25) is 0 Å². The van der Waals surface area contributed by atoms with Crippen LogP contribution < -0.4 is 16.0 Å². The van der Waals surface area contributed by atoms with Crippen molar-refractivity contribution in [1.82, 2.24) is 16.0 Å². The van der Waals surface area contributed by atoms with Gasteiger partial charge < -0.3 is 16.0 Å². The summed E-state index contributed by atoms with van der Waals surface area (Å²) in [4.78, 5) is 23.6. The van der Waals surface area contributed by atoms with Crippen LogP contribution in [-0.4, -0.2) is 38.0 Å². The van der Waals surface area contributed by atoms with Crippen LogP contribution in [0.5, 0.6) is 0 Å². The first-order valence-corrected chi connectivity index (χ1v) is 6.91. The molecule has 5 nitrogen and oxygen atoms in total. The van der Waals surface area contributed by atoms with Gasteiger partial charge in [0, 0.05) is 26.1 Å². The molecule has 3 N–H and O–H groups in total. The molecule has 18 heavy (non-hydrogen) atoms. The zero-order valence-electron chi connectivity index (χ0n) is 10.5. The quantitative estimate of drug-likeness (QED) is 0.605. The van der Waals surface area contributed by atoms with Crippen molar-refractivity contribution in [2.75, 3.05) is 26.2 Å². The normalized spacial score (nSPS) is 10.1. The third-order valence-electron chi connectivity index (χ3n) is 2.26. The molecule has 1 heterocycles. The van der Waals surface area contributed by atoms with Gasteiger partial charge in [-0.15, -0.1) is 11.3 Å². The topological polar surface area (TPSA) is 70.2 Å². The molecule has 0 aliphatic carbocycles. The van der Waals surface area contributed by atoms with Crippen LogP contribution in [0.1, 0.15) is 23.0 Å². The first-order chi connectivity index (χ1) is 8.74. The zero-order valence-corrected chi connectivity index (χ0v) is 11.3. The number of carbonyl (C=O) groups excluding carboxylic acids is 2. The fraction of sp³-hybridized carbons (Fsp3) is 0.500. The maximum atomic E-state index is 11.5. The molecule has 0 aromatic carbocycles. The number of hydrogen-bond donors (Lipinski definition) is 3. The summed E-state index contributed by atoms with van der Waals surface area (Å²) in [5.41, 5.74) is 0. The highest BCUT2D eigenvalue weighted by molar-refractivity contribution is 7.12. The van der Waals surface area contributed by atoms with E-state index in [1.807, 2.05) is 18.4 Å². The van der Waals surface area contributed by atoms with Gasteiger partial charge in [0.1, 0.15) is 0 Å². The number of likely N-dealkylation sites (N-methyl/N-ethyl adjacent to an activating group) is 1. The van der Waals surface area contributed by atoms with Gasteiger partial charge in [0.25, 0.3) is 5.91 Å². The molecule has 0 saturated carbocycles. The summed E-state index contributed by atoms with van der Waals surface area (Å²) in [6.07, 6.45) is 0.309. The minimum atomic E-state index is -0.120. The number of carbonyl (C=O) groups is 2. The lowest BCUT2D eigenvalue weighted by atomic mass is 10.3. The van der Waals surface area contributed by atoms with E-state index in [4.69, 9.17) is 0 Å². The minimum Gasteiger partial charge on any atom is -0.355 e. The van der Waals surface area contributed by atoms with Crippen molar-refractivity contribution >= 4 is 23.2 Å². The Morgan fingerprint density at radius 3 is 2.72 bits per heavy atom. The minimum absolute atomic E-state index is 0.0422. The maximum absolute atomic E-state index is 11.5. The molecular weight excluding hydrogens is 250 g/mol. The molecule has 100 valence electrons. The van der Waals surface area contributed by atoms with Gasteiger partial charge in [0.05, 0.1) is 4.88 Å². The summed E-state index contributed by atoms with van der Waals surface area (Å²) in [5.74, 6) is -0.162.